The molecule has 0 atom stereocenters. The van der Waals surface area contributed by atoms with Crippen LogP contribution in [0.4, 0.5) is 0 Å². The SMILES string of the molecule is Cc1ccc(OCCSc2nnc(-c3ccc(Cl)cc3)n2C)cc1. The van der Waals surface area contributed by atoms with Gasteiger partial charge in [-0.05, 0) is 43.3 Å². The molecule has 0 radical (unpaired) electrons. The van der Waals surface area contributed by atoms with Gasteiger partial charge < -0.3 is 9.30 Å². The first-order valence-electron chi connectivity index (χ1n) is 7.61. The molecule has 0 unspecified atom stereocenters. The molecule has 0 saturated heterocycles. The first-order chi connectivity index (χ1) is 11.6. The molecule has 0 spiro atoms. The number of ether oxygens (including phenoxy) is 1. The predicted molar refractivity (Wildman–Crippen MR) is 98.8 cm³/mol. The quantitative estimate of drug-likeness (QED) is 0.475. The molecule has 2 aromatic carbocycles. The molecule has 124 valence electrons. The van der Waals surface area contributed by atoms with Crippen LogP contribution in [-0.2, 0) is 7.05 Å². The number of rotatable bonds is 6. The number of hydrogen-bond donors (Lipinski definition) is 0. The molecule has 24 heavy (non-hydrogen) atoms. The summed E-state index contributed by atoms with van der Waals surface area (Å²) in [5, 5.41) is 10.1. The van der Waals surface area contributed by atoms with E-state index in [0.717, 1.165) is 28.0 Å². The van der Waals surface area contributed by atoms with Crippen LogP contribution in [0.5, 0.6) is 5.75 Å². The number of aryl methyl sites for hydroxylation is 1. The molecule has 1 heterocycles. The molecule has 1 aromatic heterocycles. The maximum atomic E-state index is 5.93. The van der Waals surface area contributed by atoms with Crippen molar-refractivity contribution < 1.29 is 4.74 Å². The zero-order valence-corrected chi connectivity index (χ0v) is 15.1. The van der Waals surface area contributed by atoms with Gasteiger partial charge in [0.25, 0.3) is 0 Å². The van der Waals surface area contributed by atoms with Crippen molar-refractivity contribution in [1.29, 1.82) is 0 Å². The number of aromatic nitrogens is 3. The molecule has 3 aromatic rings. The smallest absolute Gasteiger partial charge is 0.191 e. The van der Waals surface area contributed by atoms with Crippen LogP contribution in [0.15, 0.2) is 53.7 Å². The highest BCUT2D eigenvalue weighted by atomic mass is 35.5. The highest BCUT2D eigenvalue weighted by Gasteiger charge is 2.11. The van der Waals surface area contributed by atoms with E-state index in [0.29, 0.717) is 11.6 Å². The van der Waals surface area contributed by atoms with Crippen LogP contribution >= 0.6 is 23.4 Å². The Labute approximate surface area is 150 Å². The average Bonchev–Trinajstić information content (AvgIpc) is 2.95. The molecule has 0 N–H and O–H groups in total. The van der Waals surface area contributed by atoms with Crippen molar-refractivity contribution in [3.8, 4) is 17.1 Å². The maximum absolute atomic E-state index is 5.93. The first-order valence-corrected chi connectivity index (χ1v) is 8.97. The Bertz CT molecular complexity index is 800. The van der Waals surface area contributed by atoms with Gasteiger partial charge in [0, 0.05) is 23.4 Å². The Hall–Kier alpha value is -1.98. The lowest BCUT2D eigenvalue weighted by atomic mass is 10.2. The van der Waals surface area contributed by atoms with E-state index in [2.05, 4.69) is 17.1 Å². The number of thioether (sulfide) groups is 1. The summed E-state index contributed by atoms with van der Waals surface area (Å²) in [7, 11) is 1.97. The van der Waals surface area contributed by atoms with E-state index in [1.54, 1.807) is 11.8 Å². The fourth-order valence-corrected chi connectivity index (χ4v) is 3.07. The van der Waals surface area contributed by atoms with E-state index in [9.17, 15) is 0 Å². The molecular weight excluding hydrogens is 342 g/mol. The third-order valence-electron chi connectivity index (χ3n) is 3.54. The van der Waals surface area contributed by atoms with E-state index < -0.39 is 0 Å². The second kappa shape index (κ2) is 7.73. The van der Waals surface area contributed by atoms with Crippen molar-refractivity contribution in [3.05, 3.63) is 59.1 Å². The summed E-state index contributed by atoms with van der Waals surface area (Å²) >= 11 is 7.55. The first kappa shape index (κ1) is 16.9. The number of benzene rings is 2. The van der Waals surface area contributed by atoms with Crippen LogP contribution in [0.1, 0.15) is 5.56 Å². The topological polar surface area (TPSA) is 39.9 Å². The zero-order valence-electron chi connectivity index (χ0n) is 13.6. The van der Waals surface area contributed by atoms with Crippen LogP contribution in [0.2, 0.25) is 5.02 Å². The van der Waals surface area contributed by atoms with Gasteiger partial charge >= 0.3 is 0 Å². The van der Waals surface area contributed by atoms with Crippen LogP contribution in [0.25, 0.3) is 11.4 Å². The normalized spacial score (nSPS) is 10.8. The minimum absolute atomic E-state index is 0.622. The van der Waals surface area contributed by atoms with Crippen molar-refractivity contribution in [1.82, 2.24) is 14.8 Å². The van der Waals surface area contributed by atoms with Crippen LogP contribution < -0.4 is 4.74 Å². The van der Waals surface area contributed by atoms with E-state index in [1.165, 1.54) is 5.56 Å². The molecule has 4 nitrogen and oxygen atoms in total. The Kier molecular flexibility index (Phi) is 5.43. The van der Waals surface area contributed by atoms with Crippen molar-refractivity contribution in [2.75, 3.05) is 12.4 Å². The summed E-state index contributed by atoms with van der Waals surface area (Å²) in [6.45, 7) is 2.68. The van der Waals surface area contributed by atoms with E-state index in [-0.39, 0.29) is 0 Å². The standard InChI is InChI=1S/C18H18ClN3OS/c1-13-3-9-16(10-4-13)23-11-12-24-18-21-20-17(22(18)2)14-5-7-15(19)8-6-14/h3-10H,11-12H2,1-2H3. The molecule has 0 aliphatic carbocycles. The van der Waals surface area contributed by atoms with Gasteiger partial charge in [-0.15, -0.1) is 10.2 Å². The summed E-state index contributed by atoms with van der Waals surface area (Å²) in [6.07, 6.45) is 0. The van der Waals surface area contributed by atoms with Crippen LogP contribution in [-0.4, -0.2) is 27.1 Å². The average molecular weight is 360 g/mol. The summed E-state index contributed by atoms with van der Waals surface area (Å²) in [5.74, 6) is 2.52. The van der Waals surface area contributed by atoms with E-state index >= 15 is 0 Å². The maximum Gasteiger partial charge on any atom is 0.191 e. The minimum atomic E-state index is 0.622. The van der Waals surface area contributed by atoms with Gasteiger partial charge in [-0.25, -0.2) is 0 Å². The molecule has 6 heteroatoms. The van der Waals surface area contributed by atoms with Gasteiger partial charge in [-0.2, -0.15) is 0 Å². The minimum Gasteiger partial charge on any atom is -0.493 e. The molecule has 0 fully saturated rings. The van der Waals surface area contributed by atoms with Gasteiger partial charge in [-0.3, -0.25) is 0 Å². The van der Waals surface area contributed by atoms with Gasteiger partial charge in [0.15, 0.2) is 11.0 Å². The fraction of sp³-hybridized carbons (Fsp3) is 0.222. The van der Waals surface area contributed by atoms with Crippen LogP contribution in [0, 0.1) is 6.92 Å². The monoisotopic (exact) mass is 359 g/mol. The van der Waals surface area contributed by atoms with Crippen molar-refractivity contribution in [2.45, 2.75) is 12.1 Å². The molecule has 0 amide bonds. The van der Waals surface area contributed by atoms with E-state index in [1.807, 2.05) is 60.1 Å². The summed E-state index contributed by atoms with van der Waals surface area (Å²) < 4.78 is 7.72. The zero-order chi connectivity index (χ0) is 16.9. The van der Waals surface area contributed by atoms with Crippen LogP contribution in [0.3, 0.4) is 0 Å². The predicted octanol–water partition coefficient (Wildman–Crippen LogP) is 4.62. The largest absolute Gasteiger partial charge is 0.493 e. The number of nitrogens with zero attached hydrogens (tertiary/aromatic N) is 3. The molecule has 0 aliphatic heterocycles. The van der Waals surface area contributed by atoms with Gasteiger partial charge in [0.1, 0.15) is 5.75 Å². The highest BCUT2D eigenvalue weighted by molar-refractivity contribution is 7.99. The third-order valence-corrected chi connectivity index (χ3v) is 4.78. The summed E-state index contributed by atoms with van der Waals surface area (Å²) in [6, 6.07) is 15.7. The summed E-state index contributed by atoms with van der Waals surface area (Å²) in [5.41, 5.74) is 2.22. The Balaban J connectivity index is 1.56. The lowest BCUT2D eigenvalue weighted by molar-refractivity contribution is 0.344. The van der Waals surface area contributed by atoms with Crippen molar-refractivity contribution in [2.24, 2.45) is 7.05 Å². The van der Waals surface area contributed by atoms with Gasteiger partial charge in [0.05, 0.1) is 6.61 Å². The fourth-order valence-electron chi connectivity index (χ4n) is 2.22. The van der Waals surface area contributed by atoms with Gasteiger partial charge in [0.2, 0.25) is 0 Å². The molecule has 0 saturated carbocycles. The molecule has 3 rings (SSSR count). The third kappa shape index (κ3) is 4.10. The van der Waals surface area contributed by atoms with Crippen molar-refractivity contribution in [3.63, 3.8) is 0 Å². The number of hydrogen-bond acceptors (Lipinski definition) is 4. The molecular formula is C18H18ClN3OS. The highest BCUT2D eigenvalue weighted by Crippen LogP contribution is 2.24. The second-order valence-electron chi connectivity index (χ2n) is 5.38. The Morgan fingerprint density at radius 2 is 1.75 bits per heavy atom. The summed E-state index contributed by atoms with van der Waals surface area (Å²) in [4.78, 5) is 0. The Morgan fingerprint density at radius 1 is 1.04 bits per heavy atom. The van der Waals surface area contributed by atoms with Gasteiger partial charge in [-0.1, -0.05) is 41.1 Å². The molecule has 0 aliphatic rings. The lowest BCUT2D eigenvalue weighted by Gasteiger charge is -2.06. The Morgan fingerprint density at radius 3 is 2.46 bits per heavy atom. The lowest BCUT2D eigenvalue weighted by Crippen LogP contribution is -2.02. The number of halogens is 1. The van der Waals surface area contributed by atoms with E-state index in [4.69, 9.17) is 16.3 Å². The second-order valence-corrected chi connectivity index (χ2v) is 6.88. The molecule has 0 bridgehead atoms. The van der Waals surface area contributed by atoms with Crippen molar-refractivity contribution >= 4 is 23.4 Å².